The van der Waals surface area contributed by atoms with Crippen molar-refractivity contribution in [1.29, 1.82) is 0 Å². The smallest absolute Gasteiger partial charge is 0.326 e. The number of aliphatic carboxylic acids is 2. The van der Waals surface area contributed by atoms with E-state index in [1.807, 2.05) is 5.32 Å². The lowest BCUT2D eigenvalue weighted by Gasteiger charge is -2.22. The fourth-order valence-corrected chi connectivity index (χ4v) is 1.59. The Morgan fingerprint density at radius 3 is 1.96 bits per heavy atom. The molecule has 8 N–H and O–H groups in total. The van der Waals surface area contributed by atoms with Crippen molar-refractivity contribution in [3.05, 3.63) is 0 Å². The van der Waals surface area contributed by atoms with E-state index in [0.29, 0.717) is 0 Å². The quantitative estimate of drug-likeness (QED) is 0.204. The molecule has 0 aromatic carbocycles. The van der Waals surface area contributed by atoms with Crippen molar-refractivity contribution in [3.63, 3.8) is 0 Å². The van der Waals surface area contributed by atoms with Crippen LogP contribution in [0.2, 0.25) is 0 Å². The Labute approximate surface area is 142 Å². The maximum Gasteiger partial charge on any atom is 0.326 e. The lowest BCUT2D eigenvalue weighted by molar-refractivity contribution is -0.147. The topological polar surface area (TPSA) is 208 Å². The molecule has 25 heavy (non-hydrogen) atoms. The van der Waals surface area contributed by atoms with Gasteiger partial charge in [0.05, 0.1) is 25.1 Å². The van der Waals surface area contributed by atoms with Crippen LogP contribution in [-0.2, 0) is 24.0 Å². The molecule has 0 radical (unpaired) electrons. The van der Waals surface area contributed by atoms with Gasteiger partial charge in [-0.3, -0.25) is 19.2 Å². The zero-order valence-corrected chi connectivity index (χ0v) is 13.7. The normalized spacial score (nSPS) is 15.2. The predicted octanol–water partition coefficient (Wildman–Crippen LogP) is -3.64. The van der Waals surface area contributed by atoms with Crippen molar-refractivity contribution >= 4 is 29.7 Å². The zero-order valence-electron chi connectivity index (χ0n) is 13.7. The Bertz CT molecular complexity index is 534. The summed E-state index contributed by atoms with van der Waals surface area (Å²) < 4.78 is 0. The first-order chi connectivity index (χ1) is 11.5. The Morgan fingerprint density at radius 1 is 1.00 bits per heavy atom. The van der Waals surface area contributed by atoms with Crippen LogP contribution < -0.4 is 21.7 Å². The van der Waals surface area contributed by atoms with Crippen LogP contribution in [0.15, 0.2) is 0 Å². The third-order valence-corrected chi connectivity index (χ3v) is 2.91. The highest BCUT2D eigenvalue weighted by molar-refractivity contribution is 5.93. The molecule has 0 aliphatic carbocycles. The molecule has 0 aromatic heterocycles. The van der Waals surface area contributed by atoms with Crippen molar-refractivity contribution in [2.75, 3.05) is 6.54 Å². The standard InChI is InChI=1S/C13H22N4O8/c1-5(14)11(22)17-10(6(2)18)12(23)15-4-8(19)16-7(13(24)25)3-9(20)21/h5-7,10,18H,3-4,14H2,1-2H3,(H,15,23)(H,16,19)(H,17,22)(H,20,21)(H,24,25). The molecule has 0 bridgehead atoms. The van der Waals surface area contributed by atoms with E-state index in [1.165, 1.54) is 13.8 Å². The van der Waals surface area contributed by atoms with Gasteiger partial charge in [-0.2, -0.15) is 0 Å². The highest BCUT2D eigenvalue weighted by Crippen LogP contribution is 1.95. The van der Waals surface area contributed by atoms with Crippen LogP contribution >= 0.6 is 0 Å². The number of nitrogens with one attached hydrogen (secondary N) is 3. The molecule has 4 unspecified atom stereocenters. The zero-order chi connectivity index (χ0) is 19.7. The lowest BCUT2D eigenvalue weighted by Crippen LogP contribution is -2.56. The number of rotatable bonds is 10. The third-order valence-electron chi connectivity index (χ3n) is 2.91. The minimum atomic E-state index is -1.66. The summed E-state index contributed by atoms with van der Waals surface area (Å²) >= 11 is 0. The number of aliphatic hydroxyl groups excluding tert-OH is 1. The average molecular weight is 362 g/mol. The molecule has 12 nitrogen and oxygen atoms in total. The number of hydrogen-bond donors (Lipinski definition) is 7. The van der Waals surface area contributed by atoms with Gasteiger partial charge in [0.15, 0.2) is 0 Å². The number of amides is 3. The molecule has 0 saturated carbocycles. The van der Waals surface area contributed by atoms with Gasteiger partial charge in [-0.15, -0.1) is 0 Å². The molecule has 3 amide bonds. The number of aliphatic hydroxyl groups is 1. The van der Waals surface area contributed by atoms with E-state index in [-0.39, 0.29) is 0 Å². The second-order valence-corrected chi connectivity index (χ2v) is 5.29. The van der Waals surface area contributed by atoms with Crippen molar-refractivity contribution in [2.24, 2.45) is 5.73 Å². The van der Waals surface area contributed by atoms with Crippen LogP contribution in [-0.4, -0.2) is 75.8 Å². The molecule has 0 aliphatic heterocycles. The van der Waals surface area contributed by atoms with E-state index >= 15 is 0 Å². The Kier molecular flexibility index (Phi) is 9.09. The minimum absolute atomic E-state index is 0.681. The van der Waals surface area contributed by atoms with E-state index in [9.17, 15) is 29.1 Å². The van der Waals surface area contributed by atoms with Gasteiger partial charge in [0.1, 0.15) is 12.1 Å². The summed E-state index contributed by atoms with van der Waals surface area (Å²) in [6, 6.07) is -3.96. The van der Waals surface area contributed by atoms with Gasteiger partial charge < -0.3 is 37.0 Å². The summed E-state index contributed by atoms with van der Waals surface area (Å²) in [6.07, 6.45) is -2.12. The van der Waals surface area contributed by atoms with E-state index in [0.717, 1.165) is 0 Å². The molecular formula is C13H22N4O8. The maximum atomic E-state index is 11.9. The molecule has 12 heteroatoms. The molecule has 4 atom stereocenters. The van der Waals surface area contributed by atoms with Gasteiger partial charge in [0, 0.05) is 0 Å². The van der Waals surface area contributed by atoms with Crippen LogP contribution in [0.5, 0.6) is 0 Å². The number of carboxylic acid groups (broad SMARTS) is 2. The molecule has 0 saturated heterocycles. The summed E-state index contributed by atoms with van der Waals surface area (Å²) in [6.45, 7) is 1.92. The minimum Gasteiger partial charge on any atom is -0.481 e. The number of carboxylic acids is 2. The van der Waals surface area contributed by atoms with Crippen LogP contribution in [0.1, 0.15) is 20.3 Å². The fourth-order valence-electron chi connectivity index (χ4n) is 1.59. The number of carbonyl (C=O) groups is 5. The number of nitrogens with two attached hydrogens (primary N) is 1. The molecule has 0 rings (SSSR count). The number of hydrogen-bond acceptors (Lipinski definition) is 7. The van der Waals surface area contributed by atoms with E-state index in [2.05, 4.69) is 10.6 Å². The third kappa shape index (κ3) is 8.62. The second-order valence-electron chi connectivity index (χ2n) is 5.29. The fraction of sp³-hybridized carbons (Fsp3) is 0.615. The van der Waals surface area contributed by atoms with Gasteiger partial charge in [-0.1, -0.05) is 0 Å². The van der Waals surface area contributed by atoms with Gasteiger partial charge >= 0.3 is 11.9 Å². The molecule has 0 heterocycles. The molecule has 0 aliphatic rings. The van der Waals surface area contributed by atoms with Crippen molar-refractivity contribution in [1.82, 2.24) is 16.0 Å². The van der Waals surface area contributed by atoms with E-state index < -0.39 is 66.9 Å². The molecular weight excluding hydrogens is 340 g/mol. The van der Waals surface area contributed by atoms with Gasteiger partial charge in [0.25, 0.3) is 0 Å². The highest BCUT2D eigenvalue weighted by Gasteiger charge is 2.28. The lowest BCUT2D eigenvalue weighted by atomic mass is 10.1. The van der Waals surface area contributed by atoms with Gasteiger partial charge in [-0.25, -0.2) is 4.79 Å². The van der Waals surface area contributed by atoms with E-state index in [1.54, 1.807) is 0 Å². The SMILES string of the molecule is CC(N)C(=O)NC(C(=O)NCC(=O)NC(CC(=O)O)C(=O)O)C(C)O. The molecule has 142 valence electrons. The Balaban J connectivity index is 4.67. The van der Waals surface area contributed by atoms with Crippen LogP contribution in [0.4, 0.5) is 0 Å². The monoisotopic (exact) mass is 362 g/mol. The molecule has 0 fully saturated rings. The highest BCUT2D eigenvalue weighted by atomic mass is 16.4. The van der Waals surface area contributed by atoms with Gasteiger partial charge in [0.2, 0.25) is 17.7 Å². The summed E-state index contributed by atoms with van der Waals surface area (Å²) in [5.74, 6) is -5.52. The summed E-state index contributed by atoms with van der Waals surface area (Å²) in [4.78, 5) is 56.4. The average Bonchev–Trinajstić information content (AvgIpc) is 2.48. The Morgan fingerprint density at radius 2 is 1.56 bits per heavy atom. The van der Waals surface area contributed by atoms with Crippen LogP contribution in [0.3, 0.4) is 0 Å². The van der Waals surface area contributed by atoms with Crippen molar-refractivity contribution in [3.8, 4) is 0 Å². The van der Waals surface area contributed by atoms with Crippen molar-refractivity contribution < 1.29 is 39.3 Å². The van der Waals surface area contributed by atoms with Crippen molar-refractivity contribution in [2.45, 2.75) is 44.5 Å². The first-order valence-electron chi connectivity index (χ1n) is 7.21. The molecule has 0 spiro atoms. The summed E-state index contributed by atoms with van der Waals surface area (Å²) in [5, 5.41) is 33.1. The molecule has 0 aromatic rings. The maximum absolute atomic E-state index is 11.9. The number of carbonyl (C=O) groups excluding carboxylic acids is 3. The van der Waals surface area contributed by atoms with E-state index in [4.69, 9.17) is 15.9 Å². The van der Waals surface area contributed by atoms with Gasteiger partial charge in [-0.05, 0) is 13.8 Å². The second kappa shape index (κ2) is 10.2. The summed E-state index contributed by atoms with van der Waals surface area (Å²) in [7, 11) is 0. The predicted molar refractivity (Wildman–Crippen MR) is 82.1 cm³/mol. The van der Waals surface area contributed by atoms with Crippen LogP contribution in [0, 0.1) is 0 Å². The largest absolute Gasteiger partial charge is 0.481 e. The first kappa shape index (κ1) is 22.3. The van der Waals surface area contributed by atoms with Crippen LogP contribution in [0.25, 0.3) is 0 Å². The first-order valence-corrected chi connectivity index (χ1v) is 7.21. The summed E-state index contributed by atoms with van der Waals surface area (Å²) in [5.41, 5.74) is 5.34. The Hall–Kier alpha value is -2.73.